The molecule has 0 amide bonds. The van der Waals surface area contributed by atoms with Crippen LogP contribution >= 0.6 is 15.6 Å². The summed E-state index contributed by atoms with van der Waals surface area (Å²) in [6.07, 6.45) is 55.6. The highest BCUT2D eigenvalue weighted by molar-refractivity contribution is 7.47. The lowest BCUT2D eigenvalue weighted by Crippen LogP contribution is -2.30. The van der Waals surface area contributed by atoms with E-state index < -0.39 is 97.5 Å². The number of unbranched alkanes of at least 4 members (excludes halogenated alkanes) is 46. The van der Waals surface area contributed by atoms with Gasteiger partial charge in [-0.2, -0.15) is 0 Å². The van der Waals surface area contributed by atoms with Crippen LogP contribution in [0.5, 0.6) is 0 Å². The van der Waals surface area contributed by atoms with Crippen molar-refractivity contribution < 1.29 is 80.2 Å². The molecule has 0 aliphatic heterocycles. The van der Waals surface area contributed by atoms with Gasteiger partial charge in [0, 0.05) is 25.7 Å². The molecular weight excluding hydrogens is 1220 g/mol. The molecule has 19 heteroatoms. The SMILES string of the molecule is CCCCCCCCCCCCCCCCCCCC(=O)O[C@H](COC(=O)CCCCCCCCCCCCCCCCCC)COP(=O)(O)OC[C@@H](O)COP(=O)(O)OC[C@@H](COC(=O)CCCCCCCCC(C)C)OC(=O)CCCCCCCCCCCCC. The van der Waals surface area contributed by atoms with Gasteiger partial charge in [-0.3, -0.25) is 37.3 Å². The van der Waals surface area contributed by atoms with Crippen molar-refractivity contribution in [1.82, 2.24) is 0 Å². The van der Waals surface area contributed by atoms with Gasteiger partial charge in [0.25, 0.3) is 0 Å². The molecule has 0 heterocycles. The van der Waals surface area contributed by atoms with Crippen LogP contribution < -0.4 is 0 Å². The van der Waals surface area contributed by atoms with Crippen LogP contribution in [0.4, 0.5) is 0 Å². The molecule has 0 bridgehead atoms. The quantitative estimate of drug-likeness (QED) is 0.0222. The van der Waals surface area contributed by atoms with Crippen LogP contribution in [0.3, 0.4) is 0 Å². The molecule has 93 heavy (non-hydrogen) atoms. The Balaban J connectivity index is 5.22. The van der Waals surface area contributed by atoms with Crippen LogP contribution in [0.2, 0.25) is 0 Å². The Labute approximate surface area is 568 Å². The predicted octanol–water partition coefficient (Wildman–Crippen LogP) is 21.7. The second-order valence-electron chi connectivity index (χ2n) is 27.2. The summed E-state index contributed by atoms with van der Waals surface area (Å²) in [4.78, 5) is 72.7. The van der Waals surface area contributed by atoms with E-state index in [9.17, 15) is 43.2 Å². The lowest BCUT2D eigenvalue weighted by atomic mass is 10.0. The highest BCUT2D eigenvalue weighted by atomic mass is 31.2. The van der Waals surface area contributed by atoms with E-state index in [-0.39, 0.29) is 25.7 Å². The smallest absolute Gasteiger partial charge is 0.462 e. The van der Waals surface area contributed by atoms with Crippen molar-refractivity contribution in [3.8, 4) is 0 Å². The number of hydrogen-bond donors (Lipinski definition) is 3. The third kappa shape index (κ3) is 68.4. The Morgan fingerprint density at radius 1 is 0.290 bits per heavy atom. The van der Waals surface area contributed by atoms with E-state index in [1.54, 1.807) is 0 Å². The average Bonchev–Trinajstić information content (AvgIpc) is 1.94. The van der Waals surface area contributed by atoms with Gasteiger partial charge in [0.1, 0.15) is 19.3 Å². The molecule has 552 valence electrons. The van der Waals surface area contributed by atoms with Crippen molar-refractivity contribution in [2.45, 2.75) is 406 Å². The summed E-state index contributed by atoms with van der Waals surface area (Å²) in [6, 6.07) is 0. The molecule has 2 unspecified atom stereocenters. The van der Waals surface area contributed by atoms with E-state index in [2.05, 4.69) is 34.6 Å². The Morgan fingerprint density at radius 3 is 0.731 bits per heavy atom. The summed E-state index contributed by atoms with van der Waals surface area (Å²) in [5.41, 5.74) is 0. The summed E-state index contributed by atoms with van der Waals surface area (Å²) in [5.74, 6) is -1.44. The van der Waals surface area contributed by atoms with Gasteiger partial charge in [-0.25, -0.2) is 9.13 Å². The molecule has 0 aliphatic rings. The number of aliphatic hydroxyl groups is 1. The molecule has 0 saturated heterocycles. The number of hydrogen-bond acceptors (Lipinski definition) is 15. The van der Waals surface area contributed by atoms with Crippen molar-refractivity contribution >= 4 is 39.5 Å². The maximum atomic E-state index is 13.1. The molecule has 0 rings (SSSR count). The predicted molar refractivity (Wildman–Crippen MR) is 377 cm³/mol. The number of carbonyl (C=O) groups excluding carboxylic acids is 4. The van der Waals surface area contributed by atoms with E-state index in [1.807, 2.05) is 0 Å². The number of carbonyl (C=O) groups is 4. The van der Waals surface area contributed by atoms with E-state index in [1.165, 1.54) is 205 Å². The van der Waals surface area contributed by atoms with E-state index in [0.717, 1.165) is 96.3 Å². The van der Waals surface area contributed by atoms with E-state index >= 15 is 0 Å². The van der Waals surface area contributed by atoms with E-state index in [4.69, 9.17) is 37.0 Å². The summed E-state index contributed by atoms with van der Waals surface area (Å²) >= 11 is 0. The van der Waals surface area contributed by atoms with Crippen molar-refractivity contribution in [3.05, 3.63) is 0 Å². The fourth-order valence-corrected chi connectivity index (χ4v) is 12.9. The fraction of sp³-hybridized carbons (Fsp3) is 0.946. The highest BCUT2D eigenvalue weighted by Crippen LogP contribution is 2.45. The molecule has 17 nitrogen and oxygen atoms in total. The third-order valence-corrected chi connectivity index (χ3v) is 19.2. The number of phosphoric acid groups is 2. The summed E-state index contributed by atoms with van der Waals surface area (Å²) in [5, 5.41) is 10.6. The van der Waals surface area contributed by atoms with Gasteiger partial charge < -0.3 is 33.8 Å². The molecule has 0 aromatic heterocycles. The van der Waals surface area contributed by atoms with Gasteiger partial charge in [0.05, 0.1) is 26.4 Å². The lowest BCUT2D eigenvalue weighted by Gasteiger charge is -2.21. The number of esters is 4. The van der Waals surface area contributed by atoms with Gasteiger partial charge >= 0.3 is 39.5 Å². The number of phosphoric ester groups is 2. The first-order valence-electron chi connectivity index (χ1n) is 38.6. The second-order valence-corrected chi connectivity index (χ2v) is 30.1. The summed E-state index contributed by atoms with van der Waals surface area (Å²) < 4.78 is 68.4. The molecular formula is C74H144O17P2. The van der Waals surface area contributed by atoms with E-state index in [0.29, 0.717) is 31.6 Å². The average molecular weight is 1370 g/mol. The summed E-state index contributed by atoms with van der Waals surface area (Å²) in [7, 11) is -9.90. The van der Waals surface area contributed by atoms with Gasteiger partial charge in [0.2, 0.25) is 0 Å². The van der Waals surface area contributed by atoms with Crippen molar-refractivity contribution in [1.29, 1.82) is 0 Å². The second kappa shape index (κ2) is 67.3. The topological polar surface area (TPSA) is 237 Å². The van der Waals surface area contributed by atoms with Crippen LogP contribution in [0.15, 0.2) is 0 Å². The minimum Gasteiger partial charge on any atom is -0.462 e. The number of ether oxygens (including phenoxy) is 4. The van der Waals surface area contributed by atoms with Gasteiger partial charge in [-0.15, -0.1) is 0 Å². The first-order valence-corrected chi connectivity index (χ1v) is 41.6. The highest BCUT2D eigenvalue weighted by Gasteiger charge is 2.30. The van der Waals surface area contributed by atoms with Crippen LogP contribution in [0.25, 0.3) is 0 Å². The monoisotopic (exact) mass is 1370 g/mol. The Kier molecular flexibility index (Phi) is 65.9. The third-order valence-electron chi connectivity index (χ3n) is 17.3. The van der Waals surface area contributed by atoms with Gasteiger partial charge in [-0.05, 0) is 31.6 Å². The number of rotatable bonds is 74. The minimum absolute atomic E-state index is 0.106. The zero-order valence-electron chi connectivity index (χ0n) is 60.4. The maximum absolute atomic E-state index is 13.1. The molecule has 0 aliphatic carbocycles. The van der Waals surface area contributed by atoms with Crippen LogP contribution in [-0.4, -0.2) is 96.7 Å². The minimum atomic E-state index is -4.95. The zero-order valence-corrected chi connectivity index (χ0v) is 62.2. The fourth-order valence-electron chi connectivity index (χ4n) is 11.4. The summed E-state index contributed by atoms with van der Waals surface area (Å²) in [6.45, 7) is 7.20. The van der Waals surface area contributed by atoms with Crippen LogP contribution in [-0.2, 0) is 65.4 Å². The normalized spacial score (nSPS) is 14.0. The molecule has 0 fully saturated rings. The van der Waals surface area contributed by atoms with Crippen LogP contribution in [0, 0.1) is 5.92 Å². The Hall–Kier alpha value is -1.94. The largest absolute Gasteiger partial charge is 0.472 e. The molecule has 0 saturated carbocycles. The standard InChI is InChI=1S/C74H144O17P2/c1-6-9-12-15-18-21-24-26-28-30-32-34-37-40-43-50-55-60-74(79)90-69(63-84-71(76)57-52-47-41-38-36-33-31-29-27-25-22-19-16-13-10-7-2)65-88-92(80,81)86-61-68(75)62-87-93(82,83)89-66-70(64-85-72(77)58-53-48-45-44-46-51-56-67(4)5)91-73(78)59-54-49-42-39-35-23-20-17-14-11-8-3/h67-70,75H,6-66H2,1-5H3,(H,80,81)(H,82,83)/t68-,69-,70-/m1/s1. The molecule has 0 aromatic carbocycles. The zero-order chi connectivity index (χ0) is 68.4. The first kappa shape index (κ1) is 91.1. The molecule has 3 N–H and O–H groups in total. The van der Waals surface area contributed by atoms with Gasteiger partial charge in [0.15, 0.2) is 12.2 Å². The van der Waals surface area contributed by atoms with Crippen molar-refractivity contribution in [2.75, 3.05) is 39.6 Å². The van der Waals surface area contributed by atoms with Crippen LogP contribution in [0.1, 0.15) is 388 Å². The van der Waals surface area contributed by atoms with Gasteiger partial charge in [-0.1, -0.05) is 336 Å². The lowest BCUT2D eigenvalue weighted by molar-refractivity contribution is -0.161. The molecule has 0 spiro atoms. The number of aliphatic hydroxyl groups excluding tert-OH is 1. The Morgan fingerprint density at radius 2 is 0.495 bits per heavy atom. The first-order chi connectivity index (χ1) is 45.0. The molecule has 0 aromatic rings. The molecule has 0 radical (unpaired) electrons. The molecule has 5 atom stereocenters. The maximum Gasteiger partial charge on any atom is 0.472 e. The Bertz CT molecular complexity index is 1790. The van der Waals surface area contributed by atoms with Crippen molar-refractivity contribution in [3.63, 3.8) is 0 Å². The van der Waals surface area contributed by atoms with Crippen molar-refractivity contribution in [2.24, 2.45) is 5.92 Å².